The number of hydrogen-bond acceptors (Lipinski definition) is 2. The molecule has 0 radical (unpaired) electrons. The first-order chi connectivity index (χ1) is 4.31. The number of hydrogen-bond donors (Lipinski definition) is 2. The number of amides is 1. The Kier molecular flexibility index (Phi) is 51.1. The molecule has 13 heavy (non-hydrogen) atoms. The first-order valence-corrected chi connectivity index (χ1v) is 3.03. The number of rotatable bonds is 4. The molecule has 0 atom stereocenters. The molecule has 0 unspecified atom stereocenters. The molecule has 0 bridgehead atoms. The van der Waals surface area contributed by atoms with Crippen molar-refractivity contribution in [1.29, 1.82) is 0 Å². The molecule has 0 fully saturated rings. The van der Waals surface area contributed by atoms with Crippen LogP contribution in [-0.2, 0) is 25.9 Å². The van der Waals surface area contributed by atoms with Gasteiger partial charge in [0.25, 0.3) is 0 Å². The van der Waals surface area contributed by atoms with Gasteiger partial charge in [-0.05, 0) is 6.42 Å². The molecule has 0 aliphatic carbocycles. The zero-order valence-electron chi connectivity index (χ0n) is 8.28. The monoisotopic (exact) mass is 371 g/mol. The van der Waals surface area contributed by atoms with Gasteiger partial charge in [0.15, 0.2) is 0 Å². The standard InChI is InChI=1S/C6H12NO2.2CH3.H2N.Pt/c1-2-3-4-5-6(8)7-9;;;;/h9H,1-5H2,(H,7,8);2*1H3;1H2;/q4*-1;+4. The molecule has 4 nitrogen and oxygen atoms in total. The third kappa shape index (κ3) is 24.5. The Morgan fingerprint density at radius 3 is 2.08 bits per heavy atom. The maximum atomic E-state index is 10.3. The van der Waals surface area contributed by atoms with Crippen LogP contribution in [0.15, 0.2) is 0 Å². The molecule has 0 aromatic rings. The quantitative estimate of drug-likeness (QED) is 0.345. The molecular weight excluding hydrogens is 351 g/mol. The van der Waals surface area contributed by atoms with E-state index in [1.807, 2.05) is 0 Å². The summed E-state index contributed by atoms with van der Waals surface area (Å²) in [5.41, 5.74) is 1.56. The van der Waals surface area contributed by atoms with Crippen molar-refractivity contribution < 1.29 is 31.1 Å². The van der Waals surface area contributed by atoms with E-state index in [0.29, 0.717) is 6.42 Å². The molecule has 0 spiro atoms. The van der Waals surface area contributed by atoms with E-state index in [-0.39, 0.29) is 48.0 Å². The second-order valence-electron chi connectivity index (χ2n) is 1.85. The Labute approximate surface area is 96.3 Å². The second kappa shape index (κ2) is 22.7. The summed E-state index contributed by atoms with van der Waals surface area (Å²) in [7, 11) is 0. The summed E-state index contributed by atoms with van der Waals surface area (Å²) in [4.78, 5) is 10.3. The summed E-state index contributed by atoms with van der Waals surface area (Å²) in [5, 5.41) is 8.02. The van der Waals surface area contributed by atoms with E-state index >= 15 is 0 Å². The van der Waals surface area contributed by atoms with Crippen molar-refractivity contribution in [2.24, 2.45) is 0 Å². The van der Waals surface area contributed by atoms with Crippen LogP contribution in [0.25, 0.3) is 6.15 Å². The van der Waals surface area contributed by atoms with Gasteiger partial charge in [-0.2, -0.15) is 6.42 Å². The first kappa shape index (κ1) is 29.2. The van der Waals surface area contributed by atoms with Crippen molar-refractivity contribution >= 4 is 5.91 Å². The minimum Gasteiger partial charge on any atom is -0.693 e. The maximum absolute atomic E-state index is 10.3. The fourth-order valence-corrected chi connectivity index (χ4v) is 0.518. The molecule has 0 saturated carbocycles. The smallest absolute Gasteiger partial charge is 0.693 e. The van der Waals surface area contributed by atoms with Crippen LogP contribution in [0.1, 0.15) is 25.7 Å². The summed E-state index contributed by atoms with van der Waals surface area (Å²) in [6.07, 6.45) is 2.98. The van der Waals surface area contributed by atoms with Crippen LogP contribution in [0.5, 0.6) is 0 Å². The van der Waals surface area contributed by atoms with Crippen molar-refractivity contribution in [2.75, 3.05) is 0 Å². The fraction of sp³-hybridized carbons (Fsp3) is 0.500. The predicted molar refractivity (Wildman–Crippen MR) is 51.9 cm³/mol. The first-order valence-electron chi connectivity index (χ1n) is 3.03. The topological polar surface area (TPSA) is 82.8 Å². The summed E-state index contributed by atoms with van der Waals surface area (Å²) < 4.78 is 0. The third-order valence-corrected chi connectivity index (χ3v) is 1.03. The van der Waals surface area contributed by atoms with Gasteiger partial charge in [0.05, 0.1) is 0 Å². The van der Waals surface area contributed by atoms with Gasteiger partial charge in [-0.15, -0.1) is 0 Å². The van der Waals surface area contributed by atoms with Gasteiger partial charge in [-0.3, -0.25) is 10.0 Å². The van der Waals surface area contributed by atoms with Gasteiger partial charge in [-0.25, -0.2) is 5.48 Å². The number of nitrogens with two attached hydrogens (primary N) is 1. The molecule has 1 amide bonds. The fourth-order valence-electron chi connectivity index (χ4n) is 0.518. The van der Waals surface area contributed by atoms with Gasteiger partial charge in [-0.1, -0.05) is 6.42 Å². The molecule has 0 saturated heterocycles. The maximum Gasteiger partial charge on any atom is 4.00 e. The van der Waals surface area contributed by atoms with Crippen molar-refractivity contribution in [3.05, 3.63) is 27.9 Å². The molecule has 0 aromatic carbocycles. The molecule has 0 aliphatic heterocycles. The van der Waals surface area contributed by atoms with E-state index in [2.05, 4.69) is 6.92 Å². The van der Waals surface area contributed by atoms with Crippen molar-refractivity contribution in [3.63, 3.8) is 0 Å². The van der Waals surface area contributed by atoms with Gasteiger partial charge >= 0.3 is 21.1 Å². The second-order valence-corrected chi connectivity index (χ2v) is 1.85. The largest absolute Gasteiger partial charge is 4.00 e. The molecule has 0 aromatic heterocycles. The molecule has 0 heterocycles. The SMILES string of the molecule is [CH2-]CCCCC(=O)NO.[CH3-].[CH3-].[NH2-].[Pt+4]. The number of carbonyl (C=O) groups is 1. The Hall–Kier alpha value is 0.0783. The average Bonchev–Trinajstić information content (AvgIpc) is 1.89. The zero-order valence-corrected chi connectivity index (χ0v) is 10.6. The zero-order chi connectivity index (χ0) is 7.11. The number of hydroxylamine groups is 1. The van der Waals surface area contributed by atoms with Crippen LogP contribution >= 0.6 is 0 Å². The normalized spacial score (nSPS) is 6.31. The van der Waals surface area contributed by atoms with Crippen LogP contribution in [0.4, 0.5) is 0 Å². The minimum atomic E-state index is -0.316. The van der Waals surface area contributed by atoms with Crippen molar-refractivity contribution in [2.45, 2.75) is 25.7 Å². The van der Waals surface area contributed by atoms with E-state index in [4.69, 9.17) is 5.21 Å². The molecule has 0 rings (SSSR count). The average molecular weight is 371 g/mol. The Bertz CT molecular complexity index is 92.2. The van der Waals surface area contributed by atoms with E-state index in [1.165, 1.54) is 0 Å². The Morgan fingerprint density at radius 2 is 1.77 bits per heavy atom. The third-order valence-electron chi connectivity index (χ3n) is 1.03. The molecule has 0 aliphatic rings. The number of nitrogens with one attached hydrogen (secondary N) is 1. The van der Waals surface area contributed by atoms with Crippen LogP contribution in [-0.4, -0.2) is 11.1 Å². The van der Waals surface area contributed by atoms with Gasteiger partial charge < -0.3 is 27.9 Å². The predicted octanol–water partition coefficient (Wildman–Crippen LogP) is 2.50. The van der Waals surface area contributed by atoms with Gasteiger partial charge in [0.2, 0.25) is 5.91 Å². The molecule has 5 heteroatoms. The molecule has 4 N–H and O–H groups in total. The molecular formula is C8H20N2O2Pt. The Morgan fingerprint density at radius 1 is 1.31 bits per heavy atom. The Balaban J connectivity index is -0.0000000533. The number of carbonyl (C=O) groups excluding carboxylic acids is 1. The van der Waals surface area contributed by atoms with E-state index in [1.54, 1.807) is 5.48 Å². The van der Waals surface area contributed by atoms with Gasteiger partial charge in [0.1, 0.15) is 0 Å². The van der Waals surface area contributed by atoms with E-state index < -0.39 is 0 Å². The van der Waals surface area contributed by atoms with Crippen LogP contribution in [0.3, 0.4) is 0 Å². The summed E-state index contributed by atoms with van der Waals surface area (Å²) >= 11 is 0. The minimum absolute atomic E-state index is 0. The van der Waals surface area contributed by atoms with E-state index in [9.17, 15) is 4.79 Å². The van der Waals surface area contributed by atoms with Crippen molar-refractivity contribution in [1.82, 2.24) is 5.48 Å². The van der Waals surface area contributed by atoms with Crippen LogP contribution in [0, 0.1) is 21.8 Å². The van der Waals surface area contributed by atoms with E-state index in [0.717, 1.165) is 19.3 Å². The van der Waals surface area contributed by atoms with Crippen LogP contribution < -0.4 is 5.48 Å². The molecule has 84 valence electrons. The number of unbranched alkanes of at least 4 members (excludes halogenated alkanes) is 2. The summed E-state index contributed by atoms with van der Waals surface area (Å²) in [5.74, 6) is -0.316. The van der Waals surface area contributed by atoms with Crippen molar-refractivity contribution in [3.8, 4) is 0 Å². The summed E-state index contributed by atoms with van der Waals surface area (Å²) in [6, 6.07) is 0. The van der Waals surface area contributed by atoms with Crippen LogP contribution in [0.2, 0.25) is 0 Å². The van der Waals surface area contributed by atoms with Gasteiger partial charge in [0, 0.05) is 6.42 Å². The summed E-state index contributed by atoms with van der Waals surface area (Å²) in [6.45, 7) is 3.61.